The maximum atomic E-state index is 5.80. The molecule has 0 aliphatic heterocycles. The second kappa shape index (κ2) is 4.59. The molecule has 18 heavy (non-hydrogen) atoms. The zero-order chi connectivity index (χ0) is 12.5. The summed E-state index contributed by atoms with van der Waals surface area (Å²) in [5.41, 5.74) is 8.46. The van der Waals surface area contributed by atoms with E-state index in [1.54, 1.807) is 6.20 Å². The van der Waals surface area contributed by atoms with E-state index in [1.807, 2.05) is 6.07 Å². The van der Waals surface area contributed by atoms with Gasteiger partial charge in [-0.25, -0.2) is 9.97 Å². The molecule has 2 aromatic rings. The number of imidazole rings is 1. The molecule has 1 saturated carbocycles. The summed E-state index contributed by atoms with van der Waals surface area (Å²) in [6.45, 7) is 2.19. The van der Waals surface area contributed by atoms with E-state index in [2.05, 4.69) is 16.5 Å². The van der Waals surface area contributed by atoms with Gasteiger partial charge in [0, 0.05) is 12.5 Å². The van der Waals surface area contributed by atoms with Crippen LogP contribution in [0.15, 0.2) is 12.3 Å². The van der Waals surface area contributed by atoms with Crippen molar-refractivity contribution in [3.05, 3.63) is 18.1 Å². The van der Waals surface area contributed by atoms with Gasteiger partial charge in [-0.15, -0.1) is 0 Å². The number of aromatic nitrogens is 3. The second-order valence-corrected chi connectivity index (χ2v) is 5.20. The van der Waals surface area contributed by atoms with Gasteiger partial charge in [-0.1, -0.05) is 19.8 Å². The minimum atomic E-state index is 0.590. The molecule has 0 atom stereocenters. The Balaban J connectivity index is 2.14. The highest BCUT2D eigenvalue weighted by Gasteiger charge is 2.22. The van der Waals surface area contributed by atoms with Crippen LogP contribution in [0.2, 0.25) is 0 Å². The molecule has 0 unspecified atom stereocenters. The molecular weight excluding hydrogens is 224 g/mol. The predicted molar refractivity (Wildman–Crippen MR) is 73.4 cm³/mol. The van der Waals surface area contributed by atoms with Gasteiger partial charge in [0.1, 0.15) is 11.3 Å². The molecule has 3 rings (SSSR count). The molecule has 0 amide bonds. The lowest BCUT2D eigenvalue weighted by atomic mass is 10.2. The lowest BCUT2D eigenvalue weighted by Gasteiger charge is -2.15. The number of nitrogens with two attached hydrogens (primary N) is 1. The van der Waals surface area contributed by atoms with Gasteiger partial charge in [-0.3, -0.25) is 0 Å². The Hall–Kier alpha value is -1.58. The smallest absolute Gasteiger partial charge is 0.160 e. The molecule has 0 saturated heterocycles. The van der Waals surface area contributed by atoms with Crippen LogP contribution in [-0.2, 0) is 6.42 Å². The first kappa shape index (κ1) is 11.5. The Morgan fingerprint density at radius 3 is 2.89 bits per heavy atom. The van der Waals surface area contributed by atoms with Gasteiger partial charge >= 0.3 is 0 Å². The fraction of sp³-hybridized carbons (Fsp3) is 0.571. The first-order valence-corrected chi connectivity index (χ1v) is 6.92. The molecule has 4 nitrogen and oxygen atoms in total. The summed E-state index contributed by atoms with van der Waals surface area (Å²) in [5, 5.41) is 0. The van der Waals surface area contributed by atoms with E-state index in [1.165, 1.54) is 31.5 Å². The third-order valence-corrected chi connectivity index (χ3v) is 3.79. The van der Waals surface area contributed by atoms with Crippen molar-refractivity contribution in [1.82, 2.24) is 14.5 Å². The van der Waals surface area contributed by atoms with Gasteiger partial charge in [0.05, 0.1) is 11.9 Å². The maximum absolute atomic E-state index is 5.80. The number of aryl methyl sites for hydroxylation is 1. The lowest BCUT2D eigenvalue weighted by molar-refractivity contribution is 0.505. The summed E-state index contributed by atoms with van der Waals surface area (Å²) in [6, 6.07) is 2.53. The molecule has 0 spiro atoms. The molecule has 96 valence electrons. The summed E-state index contributed by atoms with van der Waals surface area (Å²) in [4.78, 5) is 9.23. The van der Waals surface area contributed by atoms with Gasteiger partial charge in [-0.05, 0) is 25.3 Å². The average molecular weight is 244 g/mol. The van der Waals surface area contributed by atoms with Gasteiger partial charge in [-0.2, -0.15) is 0 Å². The van der Waals surface area contributed by atoms with Crippen molar-refractivity contribution in [1.29, 1.82) is 0 Å². The highest BCUT2D eigenvalue weighted by molar-refractivity contribution is 5.75. The minimum absolute atomic E-state index is 0.590. The molecule has 4 heteroatoms. The van der Waals surface area contributed by atoms with Gasteiger partial charge in [0.25, 0.3) is 0 Å². The zero-order valence-electron chi connectivity index (χ0n) is 10.9. The maximum Gasteiger partial charge on any atom is 0.160 e. The van der Waals surface area contributed by atoms with Crippen LogP contribution in [0.3, 0.4) is 0 Å². The standard InChI is InChI=1S/C14H20N4/c1-2-5-13-17-12-8-10(15)9-16-14(12)18(13)11-6-3-4-7-11/h8-9,11H,2-7,15H2,1H3. The van der Waals surface area contributed by atoms with E-state index in [0.29, 0.717) is 11.7 Å². The number of rotatable bonds is 3. The highest BCUT2D eigenvalue weighted by atomic mass is 15.2. The van der Waals surface area contributed by atoms with E-state index in [-0.39, 0.29) is 0 Å². The first-order chi connectivity index (χ1) is 8.79. The number of nitrogen functional groups attached to an aromatic ring is 1. The number of anilines is 1. The van der Waals surface area contributed by atoms with E-state index < -0.39 is 0 Å². The third-order valence-electron chi connectivity index (χ3n) is 3.79. The number of hydrogen-bond donors (Lipinski definition) is 1. The van der Waals surface area contributed by atoms with Crippen LogP contribution >= 0.6 is 0 Å². The number of pyridine rings is 1. The summed E-state index contributed by atoms with van der Waals surface area (Å²) in [7, 11) is 0. The molecule has 1 aliphatic carbocycles. The van der Waals surface area contributed by atoms with E-state index in [0.717, 1.165) is 24.0 Å². The van der Waals surface area contributed by atoms with Crippen LogP contribution in [0.4, 0.5) is 5.69 Å². The largest absolute Gasteiger partial charge is 0.397 e. The quantitative estimate of drug-likeness (QED) is 0.902. The van der Waals surface area contributed by atoms with Crippen molar-refractivity contribution in [3.63, 3.8) is 0 Å². The molecule has 0 bridgehead atoms. The fourth-order valence-electron chi connectivity index (χ4n) is 2.99. The van der Waals surface area contributed by atoms with Crippen molar-refractivity contribution in [3.8, 4) is 0 Å². The molecule has 1 aliphatic rings. The summed E-state index contributed by atoms with van der Waals surface area (Å²) in [5.74, 6) is 1.18. The Labute approximate surface area is 107 Å². The molecule has 2 N–H and O–H groups in total. The lowest BCUT2D eigenvalue weighted by Crippen LogP contribution is -2.09. The Morgan fingerprint density at radius 2 is 2.17 bits per heavy atom. The minimum Gasteiger partial charge on any atom is -0.397 e. The normalized spacial score (nSPS) is 16.7. The average Bonchev–Trinajstić information content (AvgIpc) is 2.95. The van der Waals surface area contributed by atoms with E-state index in [9.17, 15) is 0 Å². The van der Waals surface area contributed by atoms with E-state index >= 15 is 0 Å². The number of nitrogens with zero attached hydrogens (tertiary/aromatic N) is 3. The van der Waals surface area contributed by atoms with Crippen LogP contribution in [0.1, 0.15) is 50.9 Å². The molecule has 1 fully saturated rings. The van der Waals surface area contributed by atoms with Gasteiger partial charge in [0.2, 0.25) is 0 Å². The predicted octanol–water partition coefficient (Wildman–Crippen LogP) is 3.08. The zero-order valence-corrected chi connectivity index (χ0v) is 10.9. The number of fused-ring (bicyclic) bond motifs is 1. The van der Waals surface area contributed by atoms with Crippen LogP contribution in [0.5, 0.6) is 0 Å². The molecule has 0 radical (unpaired) electrons. The molecule has 2 aromatic heterocycles. The van der Waals surface area contributed by atoms with Crippen molar-refractivity contribution >= 4 is 16.9 Å². The third kappa shape index (κ3) is 1.85. The van der Waals surface area contributed by atoms with Crippen molar-refractivity contribution < 1.29 is 0 Å². The molecule has 0 aromatic carbocycles. The van der Waals surface area contributed by atoms with E-state index in [4.69, 9.17) is 10.7 Å². The highest BCUT2D eigenvalue weighted by Crippen LogP contribution is 2.33. The van der Waals surface area contributed by atoms with Crippen LogP contribution in [0, 0.1) is 0 Å². The Bertz CT molecular complexity index is 552. The van der Waals surface area contributed by atoms with Gasteiger partial charge in [0.15, 0.2) is 5.65 Å². The number of hydrogen-bond acceptors (Lipinski definition) is 3. The van der Waals surface area contributed by atoms with Crippen molar-refractivity contribution in [2.75, 3.05) is 5.73 Å². The monoisotopic (exact) mass is 244 g/mol. The topological polar surface area (TPSA) is 56.7 Å². The van der Waals surface area contributed by atoms with Gasteiger partial charge < -0.3 is 10.3 Å². The van der Waals surface area contributed by atoms with Crippen LogP contribution in [0.25, 0.3) is 11.2 Å². The summed E-state index contributed by atoms with van der Waals surface area (Å²) < 4.78 is 2.37. The second-order valence-electron chi connectivity index (χ2n) is 5.20. The summed E-state index contributed by atoms with van der Waals surface area (Å²) >= 11 is 0. The van der Waals surface area contributed by atoms with Crippen LogP contribution in [-0.4, -0.2) is 14.5 Å². The Morgan fingerprint density at radius 1 is 1.39 bits per heavy atom. The SMILES string of the molecule is CCCc1nc2cc(N)cnc2n1C1CCCC1. The van der Waals surface area contributed by atoms with Crippen LogP contribution < -0.4 is 5.73 Å². The Kier molecular flexibility index (Phi) is 2.94. The molecule has 2 heterocycles. The molecular formula is C14H20N4. The first-order valence-electron chi connectivity index (χ1n) is 6.92. The van der Waals surface area contributed by atoms with Crippen molar-refractivity contribution in [2.24, 2.45) is 0 Å². The fourth-order valence-corrected chi connectivity index (χ4v) is 2.99. The summed E-state index contributed by atoms with van der Waals surface area (Å²) in [6.07, 6.45) is 9.04. The van der Waals surface area contributed by atoms with Crippen molar-refractivity contribution in [2.45, 2.75) is 51.5 Å².